The van der Waals surface area contributed by atoms with E-state index in [2.05, 4.69) is 5.32 Å². The first-order valence-corrected chi connectivity index (χ1v) is 10.1. The zero-order valence-electron chi connectivity index (χ0n) is 16.5. The summed E-state index contributed by atoms with van der Waals surface area (Å²) in [5.41, 5.74) is 2.29. The predicted octanol–water partition coefficient (Wildman–Crippen LogP) is 4.10. The van der Waals surface area contributed by atoms with Gasteiger partial charge in [0.25, 0.3) is 5.91 Å². The van der Waals surface area contributed by atoms with Crippen LogP contribution in [0.2, 0.25) is 0 Å². The van der Waals surface area contributed by atoms with Crippen molar-refractivity contribution in [2.75, 3.05) is 10.2 Å². The van der Waals surface area contributed by atoms with Crippen LogP contribution in [-0.2, 0) is 9.59 Å². The Hall–Kier alpha value is -3.15. The third-order valence-electron chi connectivity index (χ3n) is 5.70. The molecule has 2 fully saturated rings. The molecule has 4 amide bonds. The number of hydrogen-bond acceptors (Lipinski definition) is 3. The molecule has 0 aromatic heterocycles. The Kier molecular flexibility index (Phi) is 5.34. The van der Waals surface area contributed by atoms with E-state index in [9.17, 15) is 14.4 Å². The van der Waals surface area contributed by atoms with Crippen LogP contribution in [0.3, 0.4) is 0 Å². The number of nitrogens with zero attached hydrogens (tertiary/aromatic N) is 2. The summed E-state index contributed by atoms with van der Waals surface area (Å²) in [6.45, 7) is 1.96. The number of benzene rings is 2. The molecule has 1 aliphatic carbocycles. The van der Waals surface area contributed by atoms with E-state index in [1.807, 2.05) is 37.3 Å². The molecule has 150 valence electrons. The Balaban J connectivity index is 1.58. The normalized spacial score (nSPS) is 19.8. The highest BCUT2D eigenvalue weighted by atomic mass is 16.2. The van der Waals surface area contributed by atoms with Gasteiger partial charge in [-0.3, -0.25) is 9.59 Å². The van der Waals surface area contributed by atoms with E-state index in [4.69, 9.17) is 0 Å². The van der Waals surface area contributed by atoms with Gasteiger partial charge in [-0.15, -0.1) is 0 Å². The smallest absolute Gasteiger partial charge is 0.326 e. The average Bonchev–Trinajstić information content (AvgIpc) is 3.31. The van der Waals surface area contributed by atoms with Gasteiger partial charge in [0.15, 0.2) is 0 Å². The van der Waals surface area contributed by atoms with Crippen LogP contribution in [-0.4, -0.2) is 34.8 Å². The lowest BCUT2D eigenvalue weighted by molar-refractivity contribution is -0.124. The van der Waals surface area contributed by atoms with Gasteiger partial charge in [0.05, 0.1) is 12.1 Å². The SMILES string of the molecule is Cc1ccc(N2C(=O)[C@H](CC(=O)Nc3ccccc3)N(C3CCCC3)C2=O)cc1. The van der Waals surface area contributed by atoms with Gasteiger partial charge in [-0.2, -0.15) is 0 Å². The van der Waals surface area contributed by atoms with E-state index in [0.29, 0.717) is 11.4 Å². The molecule has 1 saturated heterocycles. The van der Waals surface area contributed by atoms with Crippen LogP contribution in [0, 0.1) is 6.92 Å². The zero-order chi connectivity index (χ0) is 20.4. The number of amides is 4. The molecule has 0 unspecified atom stereocenters. The molecular formula is C23H25N3O3. The van der Waals surface area contributed by atoms with Crippen molar-refractivity contribution in [3.8, 4) is 0 Å². The number of aryl methyl sites for hydroxylation is 1. The molecule has 0 spiro atoms. The highest BCUT2D eigenvalue weighted by Crippen LogP contribution is 2.34. The molecule has 4 rings (SSSR count). The van der Waals surface area contributed by atoms with Gasteiger partial charge in [-0.1, -0.05) is 48.7 Å². The second-order valence-corrected chi connectivity index (χ2v) is 7.77. The molecule has 0 radical (unpaired) electrons. The number of urea groups is 1. The molecule has 0 bridgehead atoms. The molecular weight excluding hydrogens is 366 g/mol. The van der Waals surface area contributed by atoms with Crippen LogP contribution < -0.4 is 10.2 Å². The van der Waals surface area contributed by atoms with E-state index in [0.717, 1.165) is 31.2 Å². The fraction of sp³-hybridized carbons (Fsp3) is 0.348. The summed E-state index contributed by atoms with van der Waals surface area (Å²) >= 11 is 0. The summed E-state index contributed by atoms with van der Waals surface area (Å²) in [5.74, 6) is -0.593. The molecule has 1 heterocycles. The number of imide groups is 1. The minimum absolute atomic E-state index is 0.0106. The van der Waals surface area contributed by atoms with Crippen LogP contribution >= 0.6 is 0 Å². The van der Waals surface area contributed by atoms with Crippen LogP contribution in [0.5, 0.6) is 0 Å². The molecule has 1 saturated carbocycles. The fourth-order valence-corrected chi connectivity index (χ4v) is 4.23. The maximum Gasteiger partial charge on any atom is 0.332 e. The summed E-state index contributed by atoms with van der Waals surface area (Å²) in [6, 6.07) is 15.4. The number of anilines is 2. The number of rotatable bonds is 5. The number of nitrogens with one attached hydrogen (secondary N) is 1. The second kappa shape index (κ2) is 8.07. The minimum Gasteiger partial charge on any atom is -0.326 e. The Morgan fingerprint density at radius 3 is 2.31 bits per heavy atom. The number of para-hydroxylation sites is 1. The minimum atomic E-state index is -0.768. The van der Waals surface area contributed by atoms with Crippen molar-refractivity contribution in [2.45, 2.75) is 51.1 Å². The zero-order valence-corrected chi connectivity index (χ0v) is 16.5. The monoisotopic (exact) mass is 391 g/mol. The Bertz CT molecular complexity index is 905. The van der Waals surface area contributed by atoms with Crippen molar-refractivity contribution in [3.63, 3.8) is 0 Å². The van der Waals surface area contributed by atoms with Crippen LogP contribution in [0.25, 0.3) is 0 Å². The van der Waals surface area contributed by atoms with Crippen molar-refractivity contribution in [1.29, 1.82) is 0 Å². The molecule has 1 N–H and O–H groups in total. The van der Waals surface area contributed by atoms with Crippen molar-refractivity contribution < 1.29 is 14.4 Å². The van der Waals surface area contributed by atoms with Gasteiger partial charge < -0.3 is 10.2 Å². The predicted molar refractivity (Wildman–Crippen MR) is 112 cm³/mol. The van der Waals surface area contributed by atoms with Gasteiger partial charge in [-0.05, 0) is 44.0 Å². The molecule has 6 nitrogen and oxygen atoms in total. The van der Waals surface area contributed by atoms with E-state index < -0.39 is 6.04 Å². The largest absolute Gasteiger partial charge is 0.332 e. The quantitative estimate of drug-likeness (QED) is 0.780. The molecule has 1 atom stereocenters. The number of carbonyl (C=O) groups excluding carboxylic acids is 3. The topological polar surface area (TPSA) is 69.7 Å². The molecule has 1 aliphatic heterocycles. The van der Waals surface area contributed by atoms with Crippen LogP contribution in [0.4, 0.5) is 16.2 Å². The maximum absolute atomic E-state index is 13.2. The van der Waals surface area contributed by atoms with Crippen LogP contribution in [0.15, 0.2) is 54.6 Å². The highest BCUT2D eigenvalue weighted by Gasteiger charge is 2.49. The summed E-state index contributed by atoms with van der Waals surface area (Å²) in [4.78, 5) is 42.0. The second-order valence-electron chi connectivity index (χ2n) is 7.77. The number of hydrogen-bond donors (Lipinski definition) is 1. The van der Waals surface area contributed by atoms with Crippen molar-refractivity contribution in [2.24, 2.45) is 0 Å². The van der Waals surface area contributed by atoms with E-state index in [1.54, 1.807) is 29.2 Å². The van der Waals surface area contributed by atoms with Gasteiger partial charge in [0, 0.05) is 11.7 Å². The third-order valence-corrected chi connectivity index (χ3v) is 5.70. The van der Waals surface area contributed by atoms with Crippen molar-refractivity contribution in [3.05, 3.63) is 60.2 Å². The van der Waals surface area contributed by atoms with E-state index >= 15 is 0 Å². The summed E-state index contributed by atoms with van der Waals surface area (Å²) in [5, 5.41) is 2.83. The molecule has 29 heavy (non-hydrogen) atoms. The van der Waals surface area contributed by atoms with E-state index in [-0.39, 0.29) is 30.3 Å². The van der Waals surface area contributed by atoms with Gasteiger partial charge in [0.2, 0.25) is 5.91 Å². The fourth-order valence-electron chi connectivity index (χ4n) is 4.23. The summed E-state index contributed by atoms with van der Waals surface area (Å²) in [7, 11) is 0. The van der Waals surface area contributed by atoms with Gasteiger partial charge >= 0.3 is 6.03 Å². The lowest BCUT2D eigenvalue weighted by Crippen LogP contribution is -2.43. The van der Waals surface area contributed by atoms with Gasteiger partial charge in [-0.25, -0.2) is 9.69 Å². The lowest BCUT2D eigenvalue weighted by Gasteiger charge is -2.27. The molecule has 2 aromatic carbocycles. The van der Waals surface area contributed by atoms with E-state index in [1.165, 1.54) is 4.90 Å². The summed E-state index contributed by atoms with van der Waals surface area (Å²) in [6.07, 6.45) is 3.78. The highest BCUT2D eigenvalue weighted by molar-refractivity contribution is 6.22. The Morgan fingerprint density at radius 2 is 1.66 bits per heavy atom. The standard InChI is InChI=1S/C23H25N3O3/c1-16-11-13-19(14-12-16)26-22(28)20(25(23(26)29)18-9-5-6-10-18)15-21(27)24-17-7-3-2-4-8-17/h2-4,7-8,11-14,18,20H,5-6,9-10,15H2,1H3,(H,24,27)/t20-/m0/s1. The first kappa shape index (κ1) is 19.2. The van der Waals surface area contributed by atoms with Gasteiger partial charge in [0.1, 0.15) is 6.04 Å². The number of carbonyl (C=O) groups is 3. The van der Waals surface area contributed by atoms with Crippen LogP contribution in [0.1, 0.15) is 37.7 Å². The average molecular weight is 391 g/mol. The molecule has 6 heteroatoms. The first-order chi connectivity index (χ1) is 14.0. The van der Waals surface area contributed by atoms with Crippen molar-refractivity contribution >= 4 is 29.2 Å². The third kappa shape index (κ3) is 3.88. The molecule has 2 aliphatic rings. The Labute approximate surface area is 170 Å². The molecule has 2 aromatic rings. The summed E-state index contributed by atoms with van der Waals surface area (Å²) < 4.78 is 0. The lowest BCUT2D eigenvalue weighted by atomic mass is 10.1. The first-order valence-electron chi connectivity index (χ1n) is 10.1. The van der Waals surface area contributed by atoms with Crippen molar-refractivity contribution in [1.82, 2.24) is 4.90 Å². The maximum atomic E-state index is 13.2. The Morgan fingerprint density at radius 1 is 1.00 bits per heavy atom.